The molecule has 0 aliphatic carbocycles. The summed E-state index contributed by atoms with van der Waals surface area (Å²) < 4.78 is 5.38. The Morgan fingerprint density at radius 1 is 1.00 bits per heavy atom. The Bertz CT molecular complexity index is 612. The van der Waals surface area contributed by atoms with E-state index in [1.54, 1.807) is 13.2 Å². The largest absolute Gasteiger partial charge is 0.496 e. The van der Waals surface area contributed by atoms with E-state index in [0.717, 1.165) is 11.1 Å². The predicted octanol–water partition coefficient (Wildman–Crippen LogP) is 5.97. The van der Waals surface area contributed by atoms with Crippen LogP contribution in [0.2, 0.25) is 5.02 Å². The molecule has 0 radical (unpaired) electrons. The molecule has 0 bridgehead atoms. The quantitative estimate of drug-likeness (QED) is 0.632. The fraction of sp³-hybridized carbons (Fsp3) is 0.333. The van der Waals surface area contributed by atoms with Crippen molar-refractivity contribution in [2.24, 2.45) is 0 Å². The van der Waals surface area contributed by atoms with Gasteiger partial charge in [0.05, 0.1) is 12.5 Å². The Morgan fingerprint density at radius 2 is 1.62 bits per heavy atom. The van der Waals surface area contributed by atoms with Gasteiger partial charge in [-0.15, -0.1) is 11.6 Å². The van der Waals surface area contributed by atoms with Crippen molar-refractivity contribution in [2.75, 3.05) is 7.11 Å². The Labute approximate surface area is 136 Å². The number of alkyl halides is 1. The van der Waals surface area contributed by atoms with E-state index in [1.165, 1.54) is 5.56 Å². The second kappa shape index (κ2) is 6.29. The molecule has 0 spiro atoms. The number of benzene rings is 2. The van der Waals surface area contributed by atoms with Crippen LogP contribution in [0.1, 0.15) is 42.8 Å². The molecule has 112 valence electrons. The van der Waals surface area contributed by atoms with Crippen LogP contribution in [0.5, 0.6) is 5.75 Å². The van der Waals surface area contributed by atoms with Crippen LogP contribution in [0.3, 0.4) is 0 Å². The summed E-state index contributed by atoms with van der Waals surface area (Å²) in [7, 11) is 1.63. The molecule has 0 amide bonds. The minimum atomic E-state index is -0.258. The van der Waals surface area contributed by atoms with E-state index in [2.05, 4.69) is 45.0 Å². The highest BCUT2D eigenvalue weighted by Gasteiger charge is 2.18. The highest BCUT2D eigenvalue weighted by Crippen LogP contribution is 2.37. The summed E-state index contributed by atoms with van der Waals surface area (Å²) >= 11 is 12.6. The summed E-state index contributed by atoms with van der Waals surface area (Å²) in [4.78, 5) is 0. The summed E-state index contributed by atoms with van der Waals surface area (Å²) in [6.07, 6.45) is 0. The molecule has 0 N–H and O–H groups in total. The Kier molecular flexibility index (Phi) is 4.85. The van der Waals surface area contributed by atoms with Crippen molar-refractivity contribution in [1.82, 2.24) is 0 Å². The van der Waals surface area contributed by atoms with Crippen LogP contribution in [-0.4, -0.2) is 7.11 Å². The monoisotopic (exact) mass is 322 g/mol. The lowest BCUT2D eigenvalue weighted by Crippen LogP contribution is -2.10. The minimum absolute atomic E-state index is 0.137. The van der Waals surface area contributed by atoms with Gasteiger partial charge in [0.15, 0.2) is 0 Å². The van der Waals surface area contributed by atoms with Gasteiger partial charge in [-0.2, -0.15) is 0 Å². The molecule has 1 atom stereocenters. The average molecular weight is 323 g/mol. The van der Waals surface area contributed by atoms with Crippen molar-refractivity contribution in [3.8, 4) is 5.75 Å². The zero-order valence-electron chi connectivity index (χ0n) is 12.8. The van der Waals surface area contributed by atoms with E-state index in [1.807, 2.05) is 12.1 Å². The lowest BCUT2D eigenvalue weighted by atomic mass is 9.86. The number of rotatable bonds is 3. The standard InChI is InChI=1S/C18H20Cl2O/c1-18(2,3)13-7-5-12(6-8-13)17(20)15-10-9-14(19)11-16(15)21-4/h5-11,17H,1-4H3. The average Bonchev–Trinajstić information content (AvgIpc) is 2.45. The highest BCUT2D eigenvalue weighted by molar-refractivity contribution is 6.30. The minimum Gasteiger partial charge on any atom is -0.496 e. The first-order valence-electron chi connectivity index (χ1n) is 6.91. The fourth-order valence-electron chi connectivity index (χ4n) is 2.23. The molecule has 0 aliphatic rings. The molecule has 0 saturated heterocycles. The third-order valence-electron chi connectivity index (χ3n) is 3.54. The van der Waals surface area contributed by atoms with Gasteiger partial charge in [-0.05, 0) is 28.7 Å². The maximum Gasteiger partial charge on any atom is 0.125 e. The van der Waals surface area contributed by atoms with E-state index in [4.69, 9.17) is 27.9 Å². The molecule has 1 nitrogen and oxygen atoms in total. The molecule has 0 aromatic heterocycles. The van der Waals surface area contributed by atoms with E-state index >= 15 is 0 Å². The van der Waals surface area contributed by atoms with E-state index < -0.39 is 0 Å². The second-order valence-corrected chi connectivity index (χ2v) is 6.99. The first kappa shape index (κ1) is 16.2. The number of methoxy groups -OCH3 is 1. The lowest BCUT2D eigenvalue weighted by Gasteiger charge is -2.20. The van der Waals surface area contributed by atoms with Crippen LogP contribution in [-0.2, 0) is 5.41 Å². The summed E-state index contributed by atoms with van der Waals surface area (Å²) in [5.41, 5.74) is 3.40. The molecular formula is C18H20Cl2O. The Hall–Kier alpha value is -1.18. The zero-order chi connectivity index (χ0) is 15.6. The molecule has 0 saturated carbocycles. The van der Waals surface area contributed by atoms with Crippen molar-refractivity contribution >= 4 is 23.2 Å². The van der Waals surface area contributed by atoms with Crippen LogP contribution in [0, 0.1) is 0 Å². The van der Waals surface area contributed by atoms with Gasteiger partial charge in [0.2, 0.25) is 0 Å². The molecule has 3 heteroatoms. The molecule has 1 unspecified atom stereocenters. The van der Waals surface area contributed by atoms with E-state index in [9.17, 15) is 0 Å². The predicted molar refractivity (Wildman–Crippen MR) is 90.8 cm³/mol. The Morgan fingerprint density at radius 3 is 2.14 bits per heavy atom. The lowest BCUT2D eigenvalue weighted by molar-refractivity contribution is 0.410. The first-order chi connectivity index (χ1) is 9.82. The maximum absolute atomic E-state index is 6.61. The van der Waals surface area contributed by atoms with E-state index in [0.29, 0.717) is 10.8 Å². The van der Waals surface area contributed by atoms with Gasteiger partial charge in [0.25, 0.3) is 0 Å². The van der Waals surface area contributed by atoms with E-state index in [-0.39, 0.29) is 10.8 Å². The van der Waals surface area contributed by atoms with Gasteiger partial charge < -0.3 is 4.74 Å². The highest BCUT2D eigenvalue weighted by atomic mass is 35.5. The third-order valence-corrected chi connectivity index (χ3v) is 4.26. The number of hydrogen-bond acceptors (Lipinski definition) is 1. The smallest absolute Gasteiger partial charge is 0.125 e. The van der Waals surface area contributed by atoms with Gasteiger partial charge >= 0.3 is 0 Å². The summed E-state index contributed by atoms with van der Waals surface area (Å²) in [5, 5.41) is 0.383. The Balaban J connectivity index is 2.34. The van der Waals surface area contributed by atoms with Gasteiger partial charge in [0, 0.05) is 10.6 Å². The molecule has 2 aromatic rings. The number of hydrogen-bond donors (Lipinski definition) is 0. The normalized spacial score (nSPS) is 13.0. The second-order valence-electron chi connectivity index (χ2n) is 6.12. The van der Waals surface area contributed by atoms with Crippen LogP contribution >= 0.6 is 23.2 Å². The molecule has 2 aromatic carbocycles. The summed E-state index contributed by atoms with van der Waals surface area (Å²) in [5.74, 6) is 0.711. The number of ether oxygens (including phenoxy) is 1. The van der Waals surface area contributed by atoms with Gasteiger partial charge in [-0.3, -0.25) is 0 Å². The van der Waals surface area contributed by atoms with Crippen LogP contribution in [0.25, 0.3) is 0 Å². The van der Waals surface area contributed by atoms with Gasteiger partial charge in [0.1, 0.15) is 5.75 Å². The van der Waals surface area contributed by atoms with Crippen molar-refractivity contribution in [2.45, 2.75) is 31.6 Å². The summed E-state index contributed by atoms with van der Waals surface area (Å²) in [6, 6.07) is 13.9. The third kappa shape index (κ3) is 3.72. The first-order valence-corrected chi connectivity index (χ1v) is 7.72. The van der Waals surface area contributed by atoms with Gasteiger partial charge in [-0.25, -0.2) is 0 Å². The SMILES string of the molecule is COc1cc(Cl)ccc1C(Cl)c1ccc(C(C)(C)C)cc1. The molecule has 2 rings (SSSR count). The van der Waals surface area contributed by atoms with Crippen LogP contribution in [0.4, 0.5) is 0 Å². The molecule has 0 heterocycles. The van der Waals surface area contributed by atoms with Crippen molar-refractivity contribution in [3.63, 3.8) is 0 Å². The zero-order valence-corrected chi connectivity index (χ0v) is 14.3. The molecule has 21 heavy (non-hydrogen) atoms. The molecule has 0 aliphatic heterocycles. The van der Waals surface area contributed by atoms with Crippen molar-refractivity contribution in [3.05, 3.63) is 64.2 Å². The maximum atomic E-state index is 6.61. The van der Waals surface area contributed by atoms with Gasteiger partial charge in [-0.1, -0.05) is 62.7 Å². The van der Waals surface area contributed by atoms with Crippen LogP contribution in [0.15, 0.2) is 42.5 Å². The fourth-order valence-corrected chi connectivity index (χ4v) is 2.71. The number of halogens is 2. The summed E-state index contributed by atoms with van der Waals surface area (Å²) in [6.45, 7) is 6.59. The van der Waals surface area contributed by atoms with Crippen molar-refractivity contribution < 1.29 is 4.74 Å². The topological polar surface area (TPSA) is 9.23 Å². The van der Waals surface area contributed by atoms with Crippen molar-refractivity contribution in [1.29, 1.82) is 0 Å². The molecular weight excluding hydrogens is 303 g/mol. The van der Waals surface area contributed by atoms with Crippen LogP contribution < -0.4 is 4.74 Å². The molecule has 0 fully saturated rings.